The Balaban J connectivity index is 1.99. The molecule has 0 saturated carbocycles. The van der Waals surface area contributed by atoms with E-state index < -0.39 is 4.92 Å². The first-order valence-corrected chi connectivity index (χ1v) is 8.09. The standard InChI is InChI=1S/C18H22N4O3/c1-12(2)7-18(23)21-15-6-4-5-14(9-15)10-19-17-8-13(3)16(11-20-17)22(24)25/h4-6,8-9,11-12H,7,10H2,1-3H3,(H,19,20)(H,21,23). The van der Waals surface area contributed by atoms with Gasteiger partial charge in [0.1, 0.15) is 12.0 Å². The maximum absolute atomic E-state index is 11.8. The molecule has 7 nitrogen and oxygen atoms in total. The molecule has 0 bridgehead atoms. The van der Waals surface area contributed by atoms with Gasteiger partial charge in [0.2, 0.25) is 5.91 Å². The van der Waals surface area contributed by atoms with Crippen molar-refractivity contribution in [2.24, 2.45) is 5.92 Å². The number of hydrogen-bond donors (Lipinski definition) is 2. The zero-order valence-electron chi connectivity index (χ0n) is 14.6. The van der Waals surface area contributed by atoms with Crippen molar-refractivity contribution in [3.63, 3.8) is 0 Å². The van der Waals surface area contributed by atoms with E-state index in [1.165, 1.54) is 6.20 Å². The molecule has 0 unspecified atom stereocenters. The number of anilines is 2. The topological polar surface area (TPSA) is 97.2 Å². The van der Waals surface area contributed by atoms with Gasteiger partial charge in [0.05, 0.1) is 4.92 Å². The molecule has 1 aromatic heterocycles. The second-order valence-corrected chi connectivity index (χ2v) is 6.31. The monoisotopic (exact) mass is 342 g/mol. The van der Waals surface area contributed by atoms with Crippen LogP contribution in [0.3, 0.4) is 0 Å². The van der Waals surface area contributed by atoms with Crippen LogP contribution in [0.25, 0.3) is 0 Å². The Kier molecular flexibility index (Phi) is 6.05. The number of aryl methyl sites for hydroxylation is 1. The van der Waals surface area contributed by atoms with E-state index in [2.05, 4.69) is 15.6 Å². The van der Waals surface area contributed by atoms with Crippen LogP contribution in [0, 0.1) is 23.0 Å². The first-order valence-electron chi connectivity index (χ1n) is 8.09. The predicted molar refractivity (Wildman–Crippen MR) is 97.5 cm³/mol. The summed E-state index contributed by atoms with van der Waals surface area (Å²) in [6.07, 6.45) is 1.73. The number of nitrogens with one attached hydrogen (secondary N) is 2. The highest BCUT2D eigenvalue weighted by Crippen LogP contribution is 2.19. The molecule has 0 radical (unpaired) electrons. The molecule has 2 aromatic rings. The van der Waals surface area contributed by atoms with Crippen LogP contribution < -0.4 is 10.6 Å². The van der Waals surface area contributed by atoms with Crippen molar-refractivity contribution in [1.82, 2.24) is 4.98 Å². The Hall–Kier alpha value is -2.96. The quantitative estimate of drug-likeness (QED) is 0.587. The Labute approximate surface area is 146 Å². The molecule has 0 atom stereocenters. The number of benzene rings is 1. The number of carbonyl (C=O) groups excluding carboxylic acids is 1. The summed E-state index contributed by atoms with van der Waals surface area (Å²) in [4.78, 5) is 26.3. The van der Waals surface area contributed by atoms with E-state index in [1.807, 2.05) is 38.1 Å². The molecule has 0 aliphatic carbocycles. The molecule has 1 aromatic carbocycles. The summed E-state index contributed by atoms with van der Waals surface area (Å²) in [6, 6.07) is 9.19. The number of aromatic nitrogens is 1. The third-order valence-corrected chi connectivity index (χ3v) is 3.56. The summed E-state index contributed by atoms with van der Waals surface area (Å²) in [6.45, 7) is 6.17. The Morgan fingerprint density at radius 1 is 1.32 bits per heavy atom. The number of pyridine rings is 1. The van der Waals surface area contributed by atoms with Crippen LogP contribution in [0.1, 0.15) is 31.4 Å². The van der Waals surface area contributed by atoms with Crippen LogP contribution in [0.2, 0.25) is 0 Å². The van der Waals surface area contributed by atoms with Gasteiger partial charge < -0.3 is 10.6 Å². The molecule has 1 heterocycles. The maximum atomic E-state index is 11.8. The van der Waals surface area contributed by atoms with Gasteiger partial charge in [-0.1, -0.05) is 26.0 Å². The summed E-state index contributed by atoms with van der Waals surface area (Å²) < 4.78 is 0. The summed E-state index contributed by atoms with van der Waals surface area (Å²) in [7, 11) is 0. The van der Waals surface area contributed by atoms with Crippen molar-refractivity contribution in [2.75, 3.05) is 10.6 Å². The van der Waals surface area contributed by atoms with E-state index in [9.17, 15) is 14.9 Å². The second kappa shape index (κ2) is 8.23. The van der Waals surface area contributed by atoms with E-state index >= 15 is 0 Å². The van der Waals surface area contributed by atoms with Gasteiger partial charge in [0, 0.05) is 24.2 Å². The Bertz CT molecular complexity index is 775. The van der Waals surface area contributed by atoms with E-state index in [0.717, 1.165) is 11.3 Å². The second-order valence-electron chi connectivity index (χ2n) is 6.31. The average Bonchev–Trinajstić information content (AvgIpc) is 2.52. The molecular formula is C18H22N4O3. The van der Waals surface area contributed by atoms with E-state index in [-0.39, 0.29) is 11.6 Å². The Morgan fingerprint density at radius 2 is 2.08 bits per heavy atom. The molecule has 0 aliphatic rings. The number of hydrogen-bond acceptors (Lipinski definition) is 5. The van der Waals surface area contributed by atoms with Crippen LogP contribution in [0.4, 0.5) is 17.2 Å². The van der Waals surface area contributed by atoms with Crippen molar-refractivity contribution in [1.29, 1.82) is 0 Å². The molecule has 7 heteroatoms. The first-order chi connectivity index (χ1) is 11.8. The van der Waals surface area contributed by atoms with Crippen LogP contribution in [0.5, 0.6) is 0 Å². The molecule has 0 spiro atoms. The number of nitrogens with zero attached hydrogens (tertiary/aromatic N) is 2. The number of carbonyl (C=O) groups is 1. The number of rotatable bonds is 7. The first kappa shape index (κ1) is 18.4. The van der Waals surface area contributed by atoms with Crippen LogP contribution in [0.15, 0.2) is 36.5 Å². The van der Waals surface area contributed by atoms with E-state index in [1.54, 1.807) is 13.0 Å². The van der Waals surface area contributed by atoms with Gasteiger partial charge in [-0.2, -0.15) is 0 Å². The van der Waals surface area contributed by atoms with Gasteiger partial charge in [-0.3, -0.25) is 14.9 Å². The minimum Gasteiger partial charge on any atom is -0.366 e. The van der Waals surface area contributed by atoms with Gasteiger partial charge >= 0.3 is 0 Å². The molecule has 0 fully saturated rings. The zero-order valence-corrected chi connectivity index (χ0v) is 14.6. The van der Waals surface area contributed by atoms with Crippen LogP contribution in [-0.2, 0) is 11.3 Å². The van der Waals surface area contributed by atoms with Crippen LogP contribution in [-0.4, -0.2) is 15.8 Å². The van der Waals surface area contributed by atoms with Crippen molar-refractivity contribution in [2.45, 2.75) is 33.7 Å². The van der Waals surface area contributed by atoms with Gasteiger partial charge in [-0.05, 0) is 36.6 Å². The average molecular weight is 342 g/mol. The third kappa shape index (κ3) is 5.56. The lowest BCUT2D eigenvalue weighted by atomic mass is 10.1. The molecule has 0 saturated heterocycles. The lowest BCUT2D eigenvalue weighted by Gasteiger charge is -2.10. The minimum absolute atomic E-state index is 0.000382. The van der Waals surface area contributed by atoms with E-state index in [4.69, 9.17) is 0 Å². The minimum atomic E-state index is -0.449. The molecule has 2 N–H and O–H groups in total. The maximum Gasteiger partial charge on any atom is 0.290 e. The smallest absolute Gasteiger partial charge is 0.290 e. The van der Waals surface area contributed by atoms with Gasteiger partial charge in [0.25, 0.3) is 5.69 Å². The van der Waals surface area contributed by atoms with Gasteiger partial charge in [-0.15, -0.1) is 0 Å². The lowest BCUT2D eigenvalue weighted by molar-refractivity contribution is -0.385. The normalized spacial score (nSPS) is 10.6. The fraction of sp³-hybridized carbons (Fsp3) is 0.333. The summed E-state index contributed by atoms with van der Waals surface area (Å²) in [5.41, 5.74) is 2.27. The lowest BCUT2D eigenvalue weighted by Crippen LogP contribution is -2.14. The van der Waals surface area contributed by atoms with Crippen molar-refractivity contribution < 1.29 is 9.72 Å². The van der Waals surface area contributed by atoms with Gasteiger partial charge in [-0.25, -0.2) is 4.98 Å². The number of nitro groups is 1. The SMILES string of the molecule is Cc1cc(NCc2cccc(NC(=O)CC(C)C)c2)ncc1[N+](=O)[O-]. The largest absolute Gasteiger partial charge is 0.366 e. The highest BCUT2D eigenvalue weighted by atomic mass is 16.6. The molecule has 2 rings (SSSR count). The highest BCUT2D eigenvalue weighted by molar-refractivity contribution is 5.90. The molecule has 1 amide bonds. The Morgan fingerprint density at radius 3 is 2.72 bits per heavy atom. The predicted octanol–water partition coefficient (Wildman–Crippen LogP) is 3.89. The third-order valence-electron chi connectivity index (χ3n) is 3.56. The van der Waals surface area contributed by atoms with Crippen molar-refractivity contribution >= 4 is 23.1 Å². The number of amides is 1. The summed E-state index contributed by atoms with van der Waals surface area (Å²) in [5, 5.41) is 16.8. The van der Waals surface area contributed by atoms with Gasteiger partial charge in [0.15, 0.2) is 0 Å². The molecule has 0 aliphatic heterocycles. The van der Waals surface area contributed by atoms with Crippen molar-refractivity contribution in [3.8, 4) is 0 Å². The van der Waals surface area contributed by atoms with Crippen LogP contribution >= 0.6 is 0 Å². The molecular weight excluding hydrogens is 320 g/mol. The van der Waals surface area contributed by atoms with Crippen molar-refractivity contribution in [3.05, 3.63) is 57.8 Å². The van der Waals surface area contributed by atoms with E-state index in [0.29, 0.717) is 30.3 Å². The zero-order chi connectivity index (χ0) is 18.4. The molecule has 25 heavy (non-hydrogen) atoms. The highest BCUT2D eigenvalue weighted by Gasteiger charge is 2.11. The molecule has 132 valence electrons. The summed E-state index contributed by atoms with van der Waals surface area (Å²) in [5.74, 6) is 0.867. The summed E-state index contributed by atoms with van der Waals surface area (Å²) >= 11 is 0. The fourth-order valence-corrected chi connectivity index (χ4v) is 2.37. The fourth-order valence-electron chi connectivity index (χ4n) is 2.37.